The number of rotatable bonds is 1. The van der Waals surface area contributed by atoms with Crippen molar-refractivity contribution in [1.29, 1.82) is 0 Å². The van der Waals surface area contributed by atoms with Gasteiger partial charge in [0.2, 0.25) is 0 Å². The van der Waals surface area contributed by atoms with E-state index in [4.69, 9.17) is 10.5 Å². The second-order valence-corrected chi connectivity index (χ2v) is 5.23. The molecule has 0 bridgehead atoms. The first-order valence-corrected chi connectivity index (χ1v) is 5.36. The summed E-state index contributed by atoms with van der Waals surface area (Å²) in [5.41, 5.74) is 4.78. The summed E-state index contributed by atoms with van der Waals surface area (Å²) in [5.74, 6) is 0. The van der Waals surface area contributed by atoms with Crippen LogP contribution in [-0.4, -0.2) is 11.7 Å². The molecule has 1 amide bonds. The van der Waals surface area contributed by atoms with E-state index in [1.54, 1.807) is 0 Å². The molecule has 2 N–H and O–H groups in total. The number of hydrogen-bond acceptors (Lipinski definition) is 2. The van der Waals surface area contributed by atoms with Crippen molar-refractivity contribution < 1.29 is 9.53 Å². The SMILES string of the molecule is CC(C)(C)C1(OC(N)=O)CCCCC1. The van der Waals surface area contributed by atoms with Gasteiger partial charge in [0, 0.05) is 5.41 Å². The molecule has 0 saturated heterocycles. The van der Waals surface area contributed by atoms with E-state index < -0.39 is 6.09 Å². The highest BCUT2D eigenvalue weighted by Gasteiger charge is 2.45. The topological polar surface area (TPSA) is 52.3 Å². The van der Waals surface area contributed by atoms with E-state index in [0.29, 0.717) is 0 Å². The standard InChI is InChI=1S/C11H21NO2/c1-10(2,3)11(14-9(12)13)7-5-4-6-8-11/h4-8H2,1-3H3,(H2,12,13). The van der Waals surface area contributed by atoms with Gasteiger partial charge in [0.25, 0.3) is 0 Å². The van der Waals surface area contributed by atoms with Crippen molar-refractivity contribution in [2.24, 2.45) is 11.1 Å². The van der Waals surface area contributed by atoms with Crippen LogP contribution in [0, 0.1) is 5.41 Å². The molecule has 0 spiro atoms. The Morgan fingerprint density at radius 3 is 2.07 bits per heavy atom. The highest BCUT2D eigenvalue weighted by molar-refractivity contribution is 5.65. The minimum Gasteiger partial charge on any atom is -0.443 e. The molecule has 0 unspecified atom stereocenters. The second-order valence-electron chi connectivity index (χ2n) is 5.23. The maximum atomic E-state index is 10.9. The van der Waals surface area contributed by atoms with Gasteiger partial charge in [0.05, 0.1) is 0 Å². The predicted molar refractivity (Wildman–Crippen MR) is 55.9 cm³/mol. The molecular formula is C11H21NO2. The molecule has 0 aromatic heterocycles. The zero-order chi connectivity index (χ0) is 10.8. The van der Waals surface area contributed by atoms with Crippen molar-refractivity contribution in [3.8, 4) is 0 Å². The van der Waals surface area contributed by atoms with E-state index >= 15 is 0 Å². The molecule has 1 saturated carbocycles. The molecule has 82 valence electrons. The van der Waals surface area contributed by atoms with E-state index in [1.807, 2.05) is 0 Å². The summed E-state index contributed by atoms with van der Waals surface area (Å²) in [6.07, 6.45) is 4.75. The van der Waals surface area contributed by atoms with Crippen molar-refractivity contribution in [2.75, 3.05) is 0 Å². The van der Waals surface area contributed by atoms with Gasteiger partial charge in [-0.15, -0.1) is 0 Å². The first-order chi connectivity index (χ1) is 6.37. The highest BCUT2D eigenvalue weighted by Crippen LogP contribution is 2.44. The Bertz CT molecular complexity index is 212. The van der Waals surface area contributed by atoms with Gasteiger partial charge in [-0.05, 0) is 25.7 Å². The molecule has 1 fully saturated rings. The Balaban J connectivity index is 2.83. The van der Waals surface area contributed by atoms with Crippen molar-refractivity contribution in [1.82, 2.24) is 0 Å². The number of carbonyl (C=O) groups is 1. The molecule has 1 aliphatic carbocycles. The molecule has 0 radical (unpaired) electrons. The minimum absolute atomic E-state index is 0.0253. The lowest BCUT2D eigenvalue weighted by molar-refractivity contribution is -0.0890. The smallest absolute Gasteiger partial charge is 0.405 e. The molecule has 0 heterocycles. The van der Waals surface area contributed by atoms with E-state index in [0.717, 1.165) is 25.7 Å². The van der Waals surface area contributed by atoms with Gasteiger partial charge in [0.15, 0.2) is 0 Å². The van der Waals surface area contributed by atoms with Gasteiger partial charge in [-0.1, -0.05) is 27.2 Å². The van der Waals surface area contributed by atoms with Gasteiger partial charge in [-0.2, -0.15) is 0 Å². The minimum atomic E-state index is -0.637. The van der Waals surface area contributed by atoms with Crippen LogP contribution in [0.5, 0.6) is 0 Å². The number of ether oxygens (including phenoxy) is 1. The zero-order valence-corrected chi connectivity index (χ0v) is 9.43. The van der Waals surface area contributed by atoms with Crippen molar-refractivity contribution in [3.05, 3.63) is 0 Å². The first kappa shape index (κ1) is 11.3. The van der Waals surface area contributed by atoms with E-state index in [-0.39, 0.29) is 11.0 Å². The lowest BCUT2D eigenvalue weighted by Crippen LogP contribution is -2.49. The average Bonchev–Trinajstić information content (AvgIpc) is 2.02. The van der Waals surface area contributed by atoms with Crippen LogP contribution in [0.15, 0.2) is 0 Å². The van der Waals surface area contributed by atoms with Crippen LogP contribution in [0.3, 0.4) is 0 Å². The molecule has 0 aliphatic heterocycles. The molecule has 14 heavy (non-hydrogen) atoms. The summed E-state index contributed by atoms with van der Waals surface area (Å²) in [6, 6.07) is 0. The summed E-state index contributed by atoms with van der Waals surface area (Å²) in [4.78, 5) is 10.9. The van der Waals surface area contributed by atoms with Crippen molar-refractivity contribution in [2.45, 2.75) is 58.5 Å². The van der Waals surface area contributed by atoms with E-state index in [2.05, 4.69) is 20.8 Å². The number of nitrogens with two attached hydrogens (primary N) is 1. The normalized spacial score (nSPS) is 21.6. The van der Waals surface area contributed by atoms with Crippen LogP contribution >= 0.6 is 0 Å². The Labute approximate surface area is 86.0 Å². The fourth-order valence-corrected chi connectivity index (χ4v) is 2.32. The van der Waals surface area contributed by atoms with Crippen LogP contribution in [0.2, 0.25) is 0 Å². The number of amides is 1. The lowest BCUT2D eigenvalue weighted by Gasteiger charge is -2.46. The van der Waals surface area contributed by atoms with Gasteiger partial charge >= 0.3 is 6.09 Å². The first-order valence-electron chi connectivity index (χ1n) is 5.36. The Hall–Kier alpha value is -0.730. The van der Waals surface area contributed by atoms with Gasteiger partial charge < -0.3 is 10.5 Å². The van der Waals surface area contributed by atoms with Gasteiger partial charge in [-0.25, -0.2) is 4.79 Å². The summed E-state index contributed by atoms with van der Waals surface area (Å²) in [5, 5.41) is 0. The molecule has 0 atom stereocenters. The third-order valence-corrected chi connectivity index (χ3v) is 3.32. The number of hydrogen-bond donors (Lipinski definition) is 1. The van der Waals surface area contributed by atoms with E-state index in [1.165, 1.54) is 6.42 Å². The molecule has 3 heteroatoms. The average molecular weight is 199 g/mol. The Morgan fingerprint density at radius 2 is 1.71 bits per heavy atom. The summed E-state index contributed by atoms with van der Waals surface area (Å²) in [6.45, 7) is 6.34. The van der Waals surface area contributed by atoms with Gasteiger partial charge in [0.1, 0.15) is 5.60 Å². The molecular weight excluding hydrogens is 178 g/mol. The van der Waals surface area contributed by atoms with Crippen LogP contribution in [-0.2, 0) is 4.74 Å². The molecule has 1 rings (SSSR count). The van der Waals surface area contributed by atoms with Crippen molar-refractivity contribution >= 4 is 6.09 Å². The largest absolute Gasteiger partial charge is 0.443 e. The third-order valence-electron chi connectivity index (χ3n) is 3.32. The Kier molecular flexibility index (Phi) is 3.07. The van der Waals surface area contributed by atoms with Crippen molar-refractivity contribution in [3.63, 3.8) is 0 Å². The maximum Gasteiger partial charge on any atom is 0.405 e. The fourth-order valence-electron chi connectivity index (χ4n) is 2.32. The molecule has 1 aliphatic rings. The second kappa shape index (κ2) is 3.79. The summed E-state index contributed by atoms with van der Waals surface area (Å²) >= 11 is 0. The molecule has 3 nitrogen and oxygen atoms in total. The number of primary amides is 1. The molecule has 0 aromatic rings. The summed E-state index contributed by atoms with van der Waals surface area (Å²) in [7, 11) is 0. The van der Waals surface area contributed by atoms with Crippen LogP contribution < -0.4 is 5.73 Å². The maximum absolute atomic E-state index is 10.9. The Morgan fingerprint density at radius 1 is 1.21 bits per heavy atom. The number of carbonyl (C=O) groups excluding carboxylic acids is 1. The molecule has 0 aromatic carbocycles. The highest BCUT2D eigenvalue weighted by atomic mass is 16.6. The predicted octanol–water partition coefficient (Wildman–Crippen LogP) is 2.83. The monoisotopic (exact) mass is 199 g/mol. The third kappa shape index (κ3) is 2.20. The van der Waals surface area contributed by atoms with E-state index in [9.17, 15) is 4.79 Å². The van der Waals surface area contributed by atoms with Gasteiger partial charge in [-0.3, -0.25) is 0 Å². The fraction of sp³-hybridized carbons (Fsp3) is 0.909. The lowest BCUT2D eigenvalue weighted by atomic mass is 9.68. The van der Waals surface area contributed by atoms with Crippen LogP contribution in [0.1, 0.15) is 52.9 Å². The zero-order valence-electron chi connectivity index (χ0n) is 9.43. The van der Waals surface area contributed by atoms with Crippen LogP contribution in [0.25, 0.3) is 0 Å². The summed E-state index contributed by atoms with van der Waals surface area (Å²) < 4.78 is 5.38. The quantitative estimate of drug-likeness (QED) is 0.706. The van der Waals surface area contributed by atoms with Crippen LogP contribution in [0.4, 0.5) is 4.79 Å².